The zero-order valence-corrected chi connectivity index (χ0v) is 12.5. The van der Waals surface area contributed by atoms with Crippen molar-refractivity contribution in [3.63, 3.8) is 0 Å². The summed E-state index contributed by atoms with van der Waals surface area (Å²) in [5, 5.41) is 2.80. The summed E-state index contributed by atoms with van der Waals surface area (Å²) in [6, 6.07) is 5.99. The third-order valence-electron chi connectivity index (χ3n) is 3.45. The average Bonchev–Trinajstić information content (AvgIpc) is 3.10. The molecule has 0 bridgehead atoms. The zero-order valence-electron chi connectivity index (χ0n) is 12.5. The number of carbonyl (C=O) groups excluding carboxylic acids is 1. The summed E-state index contributed by atoms with van der Waals surface area (Å²) in [6.45, 7) is 7.47. The molecule has 1 aliphatic carbocycles. The van der Waals surface area contributed by atoms with E-state index in [1.54, 1.807) is 0 Å². The van der Waals surface area contributed by atoms with Gasteiger partial charge in [-0.3, -0.25) is 5.32 Å². The van der Waals surface area contributed by atoms with Crippen LogP contribution in [0.3, 0.4) is 0 Å². The first kappa shape index (κ1) is 14.5. The maximum Gasteiger partial charge on any atom is 0.412 e. The molecule has 1 aromatic carbocycles. The van der Waals surface area contributed by atoms with Gasteiger partial charge in [-0.2, -0.15) is 0 Å². The smallest absolute Gasteiger partial charge is 0.412 e. The van der Waals surface area contributed by atoms with Gasteiger partial charge in [-0.25, -0.2) is 4.79 Å². The highest BCUT2D eigenvalue weighted by atomic mass is 16.6. The Labute approximate surface area is 120 Å². The Morgan fingerprint density at radius 2 is 2.05 bits per heavy atom. The molecule has 0 radical (unpaired) electrons. The van der Waals surface area contributed by atoms with E-state index in [1.807, 2.05) is 45.9 Å². The Balaban J connectivity index is 2.18. The number of ether oxygens (including phenoxy) is 1. The van der Waals surface area contributed by atoms with Crippen LogP contribution >= 0.6 is 0 Å². The molecule has 0 aromatic heterocycles. The van der Waals surface area contributed by atoms with Gasteiger partial charge >= 0.3 is 6.09 Å². The lowest BCUT2D eigenvalue weighted by atomic mass is 9.95. The molecule has 0 atom stereocenters. The zero-order chi connectivity index (χ0) is 15.0. The van der Waals surface area contributed by atoms with Crippen molar-refractivity contribution in [1.29, 1.82) is 0 Å². The molecule has 1 N–H and O–H groups in total. The third kappa shape index (κ3) is 3.14. The highest BCUT2D eigenvalue weighted by molar-refractivity contribution is 5.86. The largest absolute Gasteiger partial charge is 0.444 e. The van der Waals surface area contributed by atoms with Crippen LogP contribution in [0.2, 0.25) is 0 Å². The van der Waals surface area contributed by atoms with E-state index in [0.29, 0.717) is 0 Å². The Kier molecular flexibility index (Phi) is 3.52. The van der Waals surface area contributed by atoms with Crippen LogP contribution in [0.5, 0.6) is 0 Å². The summed E-state index contributed by atoms with van der Waals surface area (Å²) in [7, 11) is 0. The third-order valence-corrected chi connectivity index (χ3v) is 3.45. The molecule has 1 amide bonds. The molecule has 0 heterocycles. The molecule has 1 saturated carbocycles. The van der Waals surface area contributed by atoms with Gasteiger partial charge in [0.15, 0.2) is 0 Å². The van der Waals surface area contributed by atoms with E-state index in [2.05, 4.69) is 11.2 Å². The van der Waals surface area contributed by atoms with E-state index >= 15 is 0 Å². The van der Waals surface area contributed by atoms with Crippen LogP contribution in [0.4, 0.5) is 10.5 Å². The topological polar surface area (TPSA) is 38.3 Å². The van der Waals surface area contributed by atoms with Crippen molar-refractivity contribution in [1.82, 2.24) is 0 Å². The SMILES string of the molecule is C#CC1(c2ccc(C)c(NC(=O)OC(C)(C)C)c2)CC1. The number of rotatable bonds is 2. The number of carbonyl (C=O) groups is 1. The van der Waals surface area contributed by atoms with E-state index in [-0.39, 0.29) is 5.41 Å². The maximum atomic E-state index is 11.9. The lowest BCUT2D eigenvalue weighted by Crippen LogP contribution is -2.27. The molecule has 106 valence electrons. The first-order valence-electron chi connectivity index (χ1n) is 6.85. The van der Waals surface area contributed by atoms with Crippen LogP contribution in [-0.4, -0.2) is 11.7 Å². The molecule has 3 nitrogen and oxygen atoms in total. The van der Waals surface area contributed by atoms with Crippen LogP contribution in [0.25, 0.3) is 0 Å². The van der Waals surface area contributed by atoms with Crippen molar-refractivity contribution >= 4 is 11.8 Å². The van der Waals surface area contributed by atoms with Gasteiger partial charge < -0.3 is 4.74 Å². The standard InChI is InChI=1S/C17H21NO2/c1-6-17(9-10-17)13-8-7-12(2)14(11-13)18-15(19)20-16(3,4)5/h1,7-8,11H,9-10H2,2-5H3,(H,18,19). The maximum absolute atomic E-state index is 11.9. The minimum atomic E-state index is -0.508. The summed E-state index contributed by atoms with van der Waals surface area (Å²) in [5.41, 5.74) is 2.21. The van der Waals surface area contributed by atoms with Gasteiger partial charge in [-0.05, 0) is 57.7 Å². The number of aryl methyl sites for hydroxylation is 1. The van der Waals surface area contributed by atoms with E-state index in [9.17, 15) is 4.79 Å². The molecule has 0 saturated heterocycles. The van der Waals surface area contributed by atoms with Gasteiger partial charge in [0.1, 0.15) is 5.60 Å². The molecule has 20 heavy (non-hydrogen) atoms. The summed E-state index contributed by atoms with van der Waals surface area (Å²) in [6.07, 6.45) is 7.19. The molecule has 0 spiro atoms. The van der Waals surface area contributed by atoms with Gasteiger partial charge in [0.2, 0.25) is 0 Å². The van der Waals surface area contributed by atoms with E-state index in [1.165, 1.54) is 0 Å². The lowest BCUT2D eigenvalue weighted by Gasteiger charge is -2.20. The van der Waals surface area contributed by atoms with Crippen molar-refractivity contribution in [2.45, 2.75) is 51.6 Å². The number of nitrogens with one attached hydrogen (secondary N) is 1. The summed E-state index contributed by atoms with van der Waals surface area (Å²) in [4.78, 5) is 11.9. The van der Waals surface area contributed by atoms with Gasteiger partial charge in [0, 0.05) is 5.69 Å². The minimum Gasteiger partial charge on any atom is -0.444 e. The van der Waals surface area contributed by atoms with Crippen molar-refractivity contribution < 1.29 is 9.53 Å². The summed E-state index contributed by atoms with van der Waals surface area (Å²) in [5.74, 6) is 2.86. The number of terminal acetylenes is 1. The molecule has 2 rings (SSSR count). The molecule has 1 fully saturated rings. The highest BCUT2D eigenvalue weighted by Crippen LogP contribution is 2.48. The van der Waals surface area contributed by atoms with Crippen molar-refractivity contribution in [3.8, 4) is 12.3 Å². The number of hydrogen-bond acceptors (Lipinski definition) is 2. The van der Waals surface area contributed by atoms with Gasteiger partial charge in [0.25, 0.3) is 0 Å². The molecular weight excluding hydrogens is 250 g/mol. The Bertz CT molecular complexity index is 572. The van der Waals surface area contributed by atoms with Crippen molar-refractivity contribution in [3.05, 3.63) is 29.3 Å². The number of hydrogen-bond donors (Lipinski definition) is 1. The van der Waals surface area contributed by atoms with Crippen molar-refractivity contribution in [2.24, 2.45) is 0 Å². The van der Waals surface area contributed by atoms with Crippen LogP contribution in [0.15, 0.2) is 18.2 Å². The Morgan fingerprint density at radius 1 is 1.40 bits per heavy atom. The van der Waals surface area contributed by atoms with E-state index < -0.39 is 11.7 Å². The second-order valence-electron chi connectivity index (χ2n) is 6.38. The normalized spacial score (nSPS) is 16.1. The molecule has 1 aliphatic rings. The second-order valence-corrected chi connectivity index (χ2v) is 6.38. The molecule has 0 unspecified atom stereocenters. The van der Waals surface area contributed by atoms with E-state index in [0.717, 1.165) is 29.7 Å². The van der Waals surface area contributed by atoms with E-state index in [4.69, 9.17) is 11.2 Å². The van der Waals surface area contributed by atoms with Crippen molar-refractivity contribution in [2.75, 3.05) is 5.32 Å². The average molecular weight is 271 g/mol. The first-order valence-corrected chi connectivity index (χ1v) is 6.85. The van der Waals surface area contributed by atoms with Crippen LogP contribution < -0.4 is 5.32 Å². The van der Waals surface area contributed by atoms with Crippen LogP contribution in [-0.2, 0) is 10.2 Å². The first-order chi connectivity index (χ1) is 9.26. The van der Waals surface area contributed by atoms with Crippen LogP contribution in [0, 0.1) is 19.3 Å². The van der Waals surface area contributed by atoms with Gasteiger partial charge in [-0.15, -0.1) is 6.42 Å². The predicted molar refractivity (Wildman–Crippen MR) is 80.8 cm³/mol. The van der Waals surface area contributed by atoms with Crippen LogP contribution in [0.1, 0.15) is 44.7 Å². The fourth-order valence-corrected chi connectivity index (χ4v) is 2.11. The highest BCUT2D eigenvalue weighted by Gasteiger charge is 2.42. The quantitative estimate of drug-likeness (QED) is 0.825. The molecular formula is C17H21NO2. The molecule has 3 heteroatoms. The Hall–Kier alpha value is -1.95. The fourth-order valence-electron chi connectivity index (χ4n) is 2.11. The predicted octanol–water partition coefficient (Wildman–Crippen LogP) is 4.01. The number of amides is 1. The minimum absolute atomic E-state index is 0.127. The molecule has 0 aliphatic heterocycles. The Morgan fingerprint density at radius 3 is 2.55 bits per heavy atom. The van der Waals surface area contributed by atoms with Gasteiger partial charge in [0.05, 0.1) is 5.41 Å². The lowest BCUT2D eigenvalue weighted by molar-refractivity contribution is 0.0636. The monoisotopic (exact) mass is 271 g/mol. The summed E-state index contributed by atoms with van der Waals surface area (Å²) < 4.78 is 5.27. The number of anilines is 1. The molecule has 1 aromatic rings. The number of benzene rings is 1. The fraction of sp³-hybridized carbons (Fsp3) is 0.471. The van der Waals surface area contributed by atoms with Gasteiger partial charge in [-0.1, -0.05) is 18.1 Å². The summed E-state index contributed by atoms with van der Waals surface area (Å²) >= 11 is 0. The second kappa shape index (κ2) is 4.86.